The molecule has 0 saturated heterocycles. The Morgan fingerprint density at radius 1 is 1.24 bits per heavy atom. The molecule has 152 valence electrons. The molecule has 0 aromatic heterocycles. The molecular formula is C22H24N2O5. The van der Waals surface area contributed by atoms with Crippen LogP contribution in [0.4, 0.5) is 5.69 Å². The maximum absolute atomic E-state index is 12.2. The van der Waals surface area contributed by atoms with Gasteiger partial charge in [0.15, 0.2) is 0 Å². The summed E-state index contributed by atoms with van der Waals surface area (Å²) < 4.78 is 5.24. The Morgan fingerprint density at radius 2 is 2.03 bits per heavy atom. The maximum Gasteiger partial charge on any atom is 0.335 e. The molecule has 7 heteroatoms. The van der Waals surface area contributed by atoms with Gasteiger partial charge in [-0.1, -0.05) is 24.3 Å². The Hall–Kier alpha value is -3.35. The number of aromatic carboxylic acids is 1. The number of methoxy groups -OCH3 is 1. The molecule has 1 unspecified atom stereocenters. The van der Waals surface area contributed by atoms with Crippen LogP contribution in [0, 0.1) is 5.92 Å². The lowest BCUT2D eigenvalue weighted by Crippen LogP contribution is -2.32. The highest BCUT2D eigenvalue weighted by Crippen LogP contribution is 2.27. The van der Waals surface area contributed by atoms with Crippen molar-refractivity contribution in [3.63, 3.8) is 0 Å². The highest BCUT2D eigenvalue weighted by atomic mass is 16.5. The molecular weight excluding hydrogens is 372 g/mol. The van der Waals surface area contributed by atoms with Crippen LogP contribution in [0.3, 0.4) is 0 Å². The Morgan fingerprint density at radius 3 is 2.79 bits per heavy atom. The van der Waals surface area contributed by atoms with Gasteiger partial charge in [-0.2, -0.15) is 0 Å². The molecule has 2 amide bonds. The summed E-state index contributed by atoms with van der Waals surface area (Å²) in [5, 5.41) is 14.8. The van der Waals surface area contributed by atoms with E-state index >= 15 is 0 Å². The van der Waals surface area contributed by atoms with Crippen LogP contribution in [-0.4, -0.2) is 36.5 Å². The van der Waals surface area contributed by atoms with Crippen LogP contribution in [0.15, 0.2) is 42.5 Å². The standard InChI is InChI=1S/C22H24N2O5/c1-29-19-13-17(22(27)28)7-6-14(19)10-11-23-20(25)9-8-16-12-15-4-2-3-5-18(15)24-21(16)26/h2-7,13,16H,8-12H2,1H3,(H,23,25)(H,24,26)(H,27,28). The Labute approximate surface area is 169 Å². The molecule has 0 fully saturated rings. The van der Waals surface area contributed by atoms with Crippen LogP contribution in [0.5, 0.6) is 5.75 Å². The van der Waals surface area contributed by atoms with E-state index in [-0.39, 0.29) is 29.7 Å². The zero-order valence-electron chi connectivity index (χ0n) is 16.2. The van der Waals surface area contributed by atoms with Crippen molar-refractivity contribution in [1.82, 2.24) is 5.32 Å². The van der Waals surface area contributed by atoms with Gasteiger partial charge < -0.3 is 20.5 Å². The summed E-state index contributed by atoms with van der Waals surface area (Å²) >= 11 is 0. The quantitative estimate of drug-likeness (QED) is 0.636. The van der Waals surface area contributed by atoms with Crippen LogP contribution in [0.25, 0.3) is 0 Å². The molecule has 0 aliphatic carbocycles. The van der Waals surface area contributed by atoms with Crippen molar-refractivity contribution in [3.05, 3.63) is 59.2 Å². The lowest BCUT2D eigenvalue weighted by atomic mass is 9.89. The van der Waals surface area contributed by atoms with E-state index in [9.17, 15) is 14.4 Å². The third kappa shape index (κ3) is 5.13. The molecule has 3 rings (SSSR count). The first-order valence-corrected chi connectivity index (χ1v) is 9.53. The lowest BCUT2D eigenvalue weighted by molar-refractivity contribution is -0.122. The second kappa shape index (κ2) is 9.23. The maximum atomic E-state index is 12.2. The Kier molecular flexibility index (Phi) is 6.49. The topological polar surface area (TPSA) is 105 Å². The number of benzene rings is 2. The fraction of sp³-hybridized carbons (Fsp3) is 0.318. The van der Waals surface area contributed by atoms with E-state index in [2.05, 4.69) is 10.6 Å². The smallest absolute Gasteiger partial charge is 0.335 e. The van der Waals surface area contributed by atoms with Crippen LogP contribution in [-0.2, 0) is 22.4 Å². The molecule has 1 heterocycles. The van der Waals surface area contributed by atoms with Crippen molar-refractivity contribution in [3.8, 4) is 5.75 Å². The number of fused-ring (bicyclic) bond motifs is 1. The molecule has 2 aromatic carbocycles. The minimum atomic E-state index is -1.02. The van der Waals surface area contributed by atoms with Crippen molar-refractivity contribution >= 4 is 23.5 Å². The minimum Gasteiger partial charge on any atom is -0.496 e. The number of amides is 2. The van der Waals surface area contributed by atoms with E-state index in [4.69, 9.17) is 9.84 Å². The molecule has 29 heavy (non-hydrogen) atoms. The van der Waals surface area contributed by atoms with Crippen molar-refractivity contribution in [1.29, 1.82) is 0 Å². The Bertz CT molecular complexity index is 925. The number of rotatable bonds is 8. The van der Waals surface area contributed by atoms with E-state index < -0.39 is 5.97 Å². The number of para-hydroxylation sites is 1. The van der Waals surface area contributed by atoms with E-state index in [0.717, 1.165) is 16.8 Å². The van der Waals surface area contributed by atoms with Gasteiger partial charge in [0.05, 0.1) is 12.7 Å². The zero-order valence-corrected chi connectivity index (χ0v) is 16.2. The molecule has 1 aliphatic rings. The number of anilines is 1. The van der Waals surface area contributed by atoms with Crippen molar-refractivity contribution in [2.75, 3.05) is 19.0 Å². The summed E-state index contributed by atoms with van der Waals surface area (Å²) in [6.07, 6.45) is 1.92. The van der Waals surface area contributed by atoms with Gasteiger partial charge in [-0.15, -0.1) is 0 Å². The average molecular weight is 396 g/mol. The summed E-state index contributed by atoms with van der Waals surface area (Å²) in [6.45, 7) is 0.404. The number of carbonyl (C=O) groups excluding carboxylic acids is 2. The van der Waals surface area contributed by atoms with Gasteiger partial charge in [0, 0.05) is 24.6 Å². The summed E-state index contributed by atoms with van der Waals surface area (Å²) in [5.74, 6) is -0.897. The second-order valence-electron chi connectivity index (χ2n) is 7.02. The van der Waals surface area contributed by atoms with Crippen molar-refractivity contribution < 1.29 is 24.2 Å². The summed E-state index contributed by atoms with van der Waals surface area (Å²) in [5.41, 5.74) is 2.92. The molecule has 0 spiro atoms. The SMILES string of the molecule is COc1cc(C(=O)O)ccc1CCNC(=O)CCC1Cc2ccccc2NC1=O. The van der Waals surface area contributed by atoms with Crippen molar-refractivity contribution in [2.45, 2.75) is 25.7 Å². The fourth-order valence-corrected chi connectivity index (χ4v) is 3.46. The molecule has 0 radical (unpaired) electrons. The van der Waals surface area contributed by atoms with Gasteiger partial charge in [-0.25, -0.2) is 4.79 Å². The third-order valence-electron chi connectivity index (χ3n) is 5.08. The number of hydrogen-bond donors (Lipinski definition) is 3. The largest absolute Gasteiger partial charge is 0.496 e. The fourth-order valence-electron chi connectivity index (χ4n) is 3.46. The predicted octanol–water partition coefficient (Wildman–Crippen LogP) is 2.64. The molecule has 0 bridgehead atoms. The van der Waals surface area contributed by atoms with Crippen LogP contribution >= 0.6 is 0 Å². The molecule has 1 atom stereocenters. The van der Waals surface area contributed by atoms with Crippen LogP contribution in [0.1, 0.15) is 34.3 Å². The molecule has 1 aliphatic heterocycles. The number of carboxylic acid groups (broad SMARTS) is 1. The zero-order chi connectivity index (χ0) is 20.8. The average Bonchev–Trinajstić information content (AvgIpc) is 2.72. The van der Waals surface area contributed by atoms with E-state index in [1.165, 1.54) is 19.2 Å². The van der Waals surface area contributed by atoms with E-state index in [0.29, 0.717) is 31.6 Å². The first-order valence-electron chi connectivity index (χ1n) is 9.53. The second-order valence-corrected chi connectivity index (χ2v) is 7.02. The van der Waals surface area contributed by atoms with Gasteiger partial charge in [-0.3, -0.25) is 9.59 Å². The third-order valence-corrected chi connectivity index (χ3v) is 5.08. The predicted molar refractivity (Wildman–Crippen MR) is 108 cm³/mol. The van der Waals surface area contributed by atoms with Gasteiger partial charge >= 0.3 is 5.97 Å². The molecule has 7 nitrogen and oxygen atoms in total. The monoisotopic (exact) mass is 396 g/mol. The van der Waals surface area contributed by atoms with E-state index in [1.54, 1.807) is 6.07 Å². The van der Waals surface area contributed by atoms with Crippen LogP contribution in [0.2, 0.25) is 0 Å². The van der Waals surface area contributed by atoms with Gasteiger partial charge in [0.25, 0.3) is 0 Å². The highest BCUT2D eigenvalue weighted by Gasteiger charge is 2.26. The highest BCUT2D eigenvalue weighted by molar-refractivity contribution is 5.96. The van der Waals surface area contributed by atoms with Gasteiger partial charge in [0.2, 0.25) is 11.8 Å². The van der Waals surface area contributed by atoms with Crippen molar-refractivity contribution in [2.24, 2.45) is 5.92 Å². The Balaban J connectivity index is 1.46. The van der Waals surface area contributed by atoms with E-state index in [1.807, 2.05) is 24.3 Å². The van der Waals surface area contributed by atoms with Crippen LogP contribution < -0.4 is 15.4 Å². The molecule has 2 aromatic rings. The number of nitrogens with one attached hydrogen (secondary N) is 2. The number of ether oxygens (including phenoxy) is 1. The normalized spacial score (nSPS) is 15.2. The van der Waals surface area contributed by atoms with Gasteiger partial charge in [0.1, 0.15) is 5.75 Å². The summed E-state index contributed by atoms with van der Waals surface area (Å²) in [4.78, 5) is 35.4. The number of carboxylic acids is 1. The van der Waals surface area contributed by atoms with Gasteiger partial charge in [-0.05, 0) is 48.6 Å². The lowest BCUT2D eigenvalue weighted by Gasteiger charge is -2.24. The summed E-state index contributed by atoms with van der Waals surface area (Å²) in [7, 11) is 1.48. The molecule has 0 saturated carbocycles. The first-order chi connectivity index (χ1) is 14.0. The number of hydrogen-bond acceptors (Lipinski definition) is 4. The summed E-state index contributed by atoms with van der Waals surface area (Å²) in [6, 6.07) is 12.4. The number of carbonyl (C=O) groups is 3. The molecule has 3 N–H and O–H groups in total. The first kappa shape index (κ1) is 20.4. The minimum absolute atomic E-state index is 0.0419.